The van der Waals surface area contributed by atoms with Gasteiger partial charge in [0.25, 0.3) is 0 Å². The number of hydrogen-bond acceptors (Lipinski definition) is 7. The maximum Gasteiger partial charge on any atom is 0.160 e. The normalized spacial score (nSPS) is 16.7. The summed E-state index contributed by atoms with van der Waals surface area (Å²) < 4.78 is 10.7. The number of piperidine rings is 1. The van der Waals surface area contributed by atoms with Crippen LogP contribution in [-0.4, -0.2) is 52.6 Å². The fraction of sp³-hybridized carbons (Fsp3) is 0.389. The van der Waals surface area contributed by atoms with Gasteiger partial charge in [0.1, 0.15) is 23.6 Å². The van der Waals surface area contributed by atoms with Crippen molar-refractivity contribution < 1.29 is 14.6 Å². The summed E-state index contributed by atoms with van der Waals surface area (Å²) in [7, 11) is 3.22. The van der Waals surface area contributed by atoms with Crippen LogP contribution in [0.15, 0.2) is 30.7 Å². The van der Waals surface area contributed by atoms with Gasteiger partial charge in [-0.05, 0) is 30.5 Å². The number of nitrogens with zero attached hydrogens (tertiary/aromatic N) is 4. The Morgan fingerprint density at radius 3 is 2.42 bits per heavy atom. The number of benzene rings is 1. The summed E-state index contributed by atoms with van der Waals surface area (Å²) in [5.41, 5.74) is 0.596. The molecule has 2 N–H and O–H groups in total. The predicted molar refractivity (Wildman–Crippen MR) is 96.6 cm³/mol. The van der Waals surface area contributed by atoms with Gasteiger partial charge in [0.15, 0.2) is 5.65 Å². The number of rotatable bonds is 4. The second-order valence-corrected chi connectivity index (χ2v) is 6.45. The Labute approximate surface area is 150 Å². The Morgan fingerprint density at radius 2 is 1.77 bits per heavy atom. The van der Waals surface area contributed by atoms with Crippen molar-refractivity contribution in [2.24, 2.45) is 0 Å². The van der Waals surface area contributed by atoms with Gasteiger partial charge in [-0.1, -0.05) is 0 Å². The van der Waals surface area contributed by atoms with Crippen LogP contribution in [0.25, 0.3) is 11.0 Å². The van der Waals surface area contributed by atoms with Gasteiger partial charge in [-0.2, -0.15) is 5.10 Å². The molecule has 3 aromatic rings. The van der Waals surface area contributed by atoms with Crippen molar-refractivity contribution in [2.75, 3.05) is 32.2 Å². The number of hydrogen-bond donors (Lipinski definition) is 2. The van der Waals surface area contributed by atoms with Crippen molar-refractivity contribution in [1.82, 2.24) is 20.2 Å². The van der Waals surface area contributed by atoms with Crippen LogP contribution in [-0.2, 0) is 5.60 Å². The molecule has 136 valence electrons. The van der Waals surface area contributed by atoms with Gasteiger partial charge in [-0.3, -0.25) is 5.10 Å². The number of methoxy groups -OCH3 is 2. The first kappa shape index (κ1) is 16.6. The van der Waals surface area contributed by atoms with E-state index in [-0.39, 0.29) is 0 Å². The average molecular weight is 355 g/mol. The minimum absolute atomic E-state index is 0.576. The van der Waals surface area contributed by atoms with Crippen LogP contribution in [0, 0.1) is 0 Å². The molecule has 0 bridgehead atoms. The summed E-state index contributed by atoms with van der Waals surface area (Å²) >= 11 is 0. The highest BCUT2D eigenvalue weighted by molar-refractivity contribution is 5.86. The standard InChI is InChI=1S/C18H21N5O3/c1-25-13-7-12(8-14(9-13)26-2)18(24)3-5-23(6-4-18)17-15-10-21-22-16(15)19-11-20-17/h7-11,24H,3-6H2,1-2H3,(H,19,20,21,22). The molecule has 0 amide bonds. The lowest BCUT2D eigenvalue weighted by Crippen LogP contribution is -2.43. The smallest absolute Gasteiger partial charge is 0.160 e. The largest absolute Gasteiger partial charge is 0.497 e. The molecule has 0 saturated carbocycles. The van der Waals surface area contributed by atoms with E-state index in [1.54, 1.807) is 26.5 Å². The van der Waals surface area contributed by atoms with E-state index < -0.39 is 5.60 Å². The van der Waals surface area contributed by atoms with Gasteiger partial charge in [0.05, 0.1) is 31.4 Å². The summed E-state index contributed by atoms with van der Waals surface area (Å²) in [6.07, 6.45) is 4.42. The van der Waals surface area contributed by atoms with E-state index in [2.05, 4.69) is 25.1 Å². The number of anilines is 1. The summed E-state index contributed by atoms with van der Waals surface area (Å²) in [5.74, 6) is 2.19. The fourth-order valence-electron chi connectivity index (χ4n) is 3.46. The average Bonchev–Trinajstić information content (AvgIpc) is 3.17. The Kier molecular flexibility index (Phi) is 4.12. The lowest BCUT2D eigenvalue weighted by molar-refractivity contribution is 0.0113. The highest BCUT2D eigenvalue weighted by atomic mass is 16.5. The van der Waals surface area contributed by atoms with Crippen molar-refractivity contribution in [3.63, 3.8) is 0 Å². The molecule has 0 atom stereocenters. The lowest BCUT2D eigenvalue weighted by atomic mass is 9.84. The van der Waals surface area contributed by atoms with Crippen LogP contribution in [0.2, 0.25) is 0 Å². The highest BCUT2D eigenvalue weighted by Gasteiger charge is 2.35. The van der Waals surface area contributed by atoms with Crippen molar-refractivity contribution in [3.05, 3.63) is 36.3 Å². The van der Waals surface area contributed by atoms with E-state index in [0.717, 1.165) is 16.8 Å². The molecule has 1 fully saturated rings. The summed E-state index contributed by atoms with van der Waals surface area (Å²) in [6.45, 7) is 1.35. The van der Waals surface area contributed by atoms with Gasteiger partial charge in [0.2, 0.25) is 0 Å². The number of nitrogens with one attached hydrogen (secondary N) is 1. The minimum atomic E-state index is -0.930. The van der Waals surface area contributed by atoms with E-state index in [9.17, 15) is 5.11 Å². The molecule has 0 unspecified atom stereocenters. The third-order valence-corrected chi connectivity index (χ3v) is 5.01. The Hall–Kier alpha value is -2.87. The second-order valence-electron chi connectivity index (χ2n) is 6.45. The molecule has 1 saturated heterocycles. The lowest BCUT2D eigenvalue weighted by Gasteiger charge is -2.39. The van der Waals surface area contributed by atoms with Crippen LogP contribution >= 0.6 is 0 Å². The molecule has 0 spiro atoms. The monoisotopic (exact) mass is 355 g/mol. The Morgan fingerprint density at radius 1 is 1.08 bits per heavy atom. The zero-order valence-corrected chi connectivity index (χ0v) is 14.8. The molecule has 0 radical (unpaired) electrons. The highest BCUT2D eigenvalue weighted by Crippen LogP contribution is 2.38. The van der Waals surface area contributed by atoms with Crippen molar-refractivity contribution in [1.29, 1.82) is 0 Å². The van der Waals surface area contributed by atoms with Crippen LogP contribution in [0.3, 0.4) is 0 Å². The number of H-pyrrole nitrogens is 1. The number of ether oxygens (including phenoxy) is 2. The number of aromatic amines is 1. The summed E-state index contributed by atoms with van der Waals surface area (Å²) in [5, 5.41) is 19.0. The third kappa shape index (κ3) is 2.82. The van der Waals surface area contributed by atoms with Crippen LogP contribution in [0.5, 0.6) is 11.5 Å². The molecule has 4 rings (SSSR count). The molecule has 2 aromatic heterocycles. The molecule has 1 aliphatic rings. The van der Waals surface area contributed by atoms with E-state index in [4.69, 9.17) is 9.47 Å². The molecule has 8 nitrogen and oxygen atoms in total. The SMILES string of the molecule is COc1cc(OC)cc(C2(O)CCN(c3ncnc4[nH]ncc34)CC2)c1. The summed E-state index contributed by atoms with van der Waals surface area (Å²) in [4.78, 5) is 10.7. The molecule has 8 heteroatoms. The maximum absolute atomic E-state index is 11.2. The summed E-state index contributed by atoms with van der Waals surface area (Å²) in [6, 6.07) is 5.55. The van der Waals surface area contributed by atoms with Gasteiger partial charge >= 0.3 is 0 Å². The molecule has 1 aromatic carbocycles. The molecular weight excluding hydrogens is 334 g/mol. The number of aromatic nitrogens is 4. The van der Waals surface area contributed by atoms with Crippen LogP contribution in [0.4, 0.5) is 5.82 Å². The molecular formula is C18H21N5O3. The zero-order valence-electron chi connectivity index (χ0n) is 14.8. The number of fused-ring (bicyclic) bond motifs is 1. The second kappa shape index (κ2) is 6.45. The third-order valence-electron chi connectivity index (χ3n) is 5.01. The Balaban J connectivity index is 1.58. The van der Waals surface area contributed by atoms with Gasteiger partial charge in [0, 0.05) is 19.2 Å². The van der Waals surface area contributed by atoms with Crippen molar-refractivity contribution in [3.8, 4) is 11.5 Å². The first-order valence-corrected chi connectivity index (χ1v) is 8.48. The van der Waals surface area contributed by atoms with Gasteiger partial charge in [-0.25, -0.2) is 9.97 Å². The first-order valence-electron chi connectivity index (χ1n) is 8.48. The topological polar surface area (TPSA) is 96.4 Å². The molecule has 26 heavy (non-hydrogen) atoms. The molecule has 0 aliphatic carbocycles. The quantitative estimate of drug-likeness (QED) is 0.737. The van der Waals surface area contributed by atoms with E-state index in [1.165, 1.54) is 6.33 Å². The minimum Gasteiger partial charge on any atom is -0.497 e. The van der Waals surface area contributed by atoms with Crippen LogP contribution < -0.4 is 14.4 Å². The van der Waals surface area contributed by atoms with Crippen molar-refractivity contribution in [2.45, 2.75) is 18.4 Å². The zero-order chi connectivity index (χ0) is 18.1. The molecule has 1 aliphatic heterocycles. The predicted octanol–water partition coefficient (Wildman–Crippen LogP) is 1.86. The van der Waals surface area contributed by atoms with E-state index in [1.807, 2.05) is 12.1 Å². The first-order chi connectivity index (χ1) is 12.6. The molecule has 3 heterocycles. The van der Waals surface area contributed by atoms with Gasteiger partial charge < -0.3 is 19.5 Å². The van der Waals surface area contributed by atoms with Gasteiger partial charge in [-0.15, -0.1) is 0 Å². The maximum atomic E-state index is 11.2. The number of aliphatic hydroxyl groups is 1. The van der Waals surface area contributed by atoms with Crippen LogP contribution in [0.1, 0.15) is 18.4 Å². The van der Waals surface area contributed by atoms with Crippen molar-refractivity contribution >= 4 is 16.9 Å². The van der Waals surface area contributed by atoms with E-state index in [0.29, 0.717) is 43.1 Å². The fourth-order valence-corrected chi connectivity index (χ4v) is 3.46. The van der Waals surface area contributed by atoms with E-state index >= 15 is 0 Å². The Bertz CT molecular complexity index is 896.